The molecule has 0 atom stereocenters. The van der Waals surface area contributed by atoms with Crippen molar-refractivity contribution in [1.82, 2.24) is 43.6 Å². The van der Waals surface area contributed by atoms with Crippen molar-refractivity contribution >= 4 is 65.4 Å². The molecule has 0 fully saturated rings. The van der Waals surface area contributed by atoms with E-state index in [4.69, 9.17) is 29.9 Å². The van der Waals surface area contributed by atoms with Crippen molar-refractivity contribution in [1.29, 1.82) is 0 Å². The van der Waals surface area contributed by atoms with Crippen LogP contribution in [0.15, 0.2) is 249 Å². The first-order valence-corrected chi connectivity index (χ1v) is 25.0. The van der Waals surface area contributed by atoms with Crippen LogP contribution in [0.2, 0.25) is 0 Å². The molecule has 15 rings (SSSR count). The number of benzene rings is 10. The van der Waals surface area contributed by atoms with Gasteiger partial charge in [0.25, 0.3) is 0 Å². The molecule has 0 bridgehead atoms. The van der Waals surface area contributed by atoms with Gasteiger partial charge in [0.1, 0.15) is 0 Å². The molecule has 75 heavy (non-hydrogen) atoms. The van der Waals surface area contributed by atoms with Gasteiger partial charge < -0.3 is 9.13 Å². The fraction of sp³-hybridized carbons (Fsp3) is 0. The summed E-state index contributed by atoms with van der Waals surface area (Å²) in [5, 5.41) is 6.66. The molecule has 0 aliphatic rings. The molecule has 0 N–H and O–H groups in total. The minimum Gasteiger partial charge on any atom is -0.309 e. The highest BCUT2D eigenvalue weighted by molar-refractivity contribution is 6.23. The van der Waals surface area contributed by atoms with Gasteiger partial charge in [-0.25, -0.2) is 19.9 Å². The fourth-order valence-electron chi connectivity index (χ4n) is 11.0. The van der Waals surface area contributed by atoms with E-state index in [9.17, 15) is 0 Å². The lowest BCUT2D eigenvalue weighted by molar-refractivity contribution is 0.953. The van der Waals surface area contributed by atoms with E-state index in [1.54, 1.807) is 0 Å². The molecule has 0 aliphatic heterocycles. The van der Waals surface area contributed by atoms with Gasteiger partial charge in [-0.15, -0.1) is 0 Å². The smallest absolute Gasteiger partial charge is 0.238 e. The number of hydrogen-bond donors (Lipinski definition) is 0. The van der Waals surface area contributed by atoms with Crippen molar-refractivity contribution in [3.63, 3.8) is 0 Å². The maximum Gasteiger partial charge on any atom is 0.238 e. The summed E-state index contributed by atoms with van der Waals surface area (Å²) in [4.78, 5) is 31.5. The Balaban J connectivity index is 0.983. The Morgan fingerprint density at radius 3 is 1.15 bits per heavy atom. The van der Waals surface area contributed by atoms with Gasteiger partial charge in [-0.2, -0.15) is 9.97 Å². The van der Waals surface area contributed by atoms with E-state index in [0.29, 0.717) is 35.1 Å². The normalized spacial score (nSPS) is 11.7. The van der Waals surface area contributed by atoms with Gasteiger partial charge in [0, 0.05) is 71.5 Å². The van der Waals surface area contributed by atoms with Crippen LogP contribution in [-0.4, -0.2) is 43.6 Å². The molecule has 15 aromatic rings. The van der Waals surface area contributed by atoms with Crippen LogP contribution in [0, 0.1) is 0 Å². The molecular weight excluding hydrogens is 919 g/mol. The van der Waals surface area contributed by atoms with Crippen LogP contribution >= 0.6 is 0 Å². The number of hydrogen-bond acceptors (Lipinski definition) is 6. The molecule has 350 valence electrons. The van der Waals surface area contributed by atoms with Crippen LogP contribution in [0.4, 0.5) is 0 Å². The molecule has 5 aromatic heterocycles. The first kappa shape index (κ1) is 42.3. The molecule has 0 amide bonds. The lowest BCUT2D eigenvalue weighted by Crippen LogP contribution is -2.07. The number of para-hydroxylation sites is 4. The predicted molar refractivity (Wildman–Crippen MR) is 303 cm³/mol. The number of fused-ring (bicyclic) bond motifs is 10. The summed E-state index contributed by atoms with van der Waals surface area (Å²) in [7, 11) is 0. The van der Waals surface area contributed by atoms with Crippen LogP contribution in [0.25, 0.3) is 140 Å². The van der Waals surface area contributed by atoms with Crippen molar-refractivity contribution in [3.05, 3.63) is 249 Å². The van der Waals surface area contributed by atoms with Crippen LogP contribution in [0.3, 0.4) is 0 Å². The second-order valence-electron chi connectivity index (χ2n) is 18.7. The quantitative estimate of drug-likeness (QED) is 0.151. The second kappa shape index (κ2) is 17.1. The summed E-state index contributed by atoms with van der Waals surface area (Å²) < 4.78 is 6.95. The Labute approximate surface area is 430 Å². The molecule has 0 unspecified atom stereocenters. The van der Waals surface area contributed by atoms with E-state index in [0.717, 1.165) is 105 Å². The van der Waals surface area contributed by atoms with Crippen LogP contribution < -0.4 is 0 Å². The summed E-state index contributed by atoms with van der Waals surface area (Å²) in [6.45, 7) is 0. The zero-order valence-electron chi connectivity index (χ0n) is 40.2. The molecule has 0 aliphatic carbocycles. The topological polar surface area (TPSA) is 92.1 Å². The van der Waals surface area contributed by atoms with Gasteiger partial charge >= 0.3 is 0 Å². The maximum absolute atomic E-state index is 5.51. The van der Waals surface area contributed by atoms with Crippen molar-refractivity contribution in [2.75, 3.05) is 0 Å². The van der Waals surface area contributed by atoms with E-state index in [1.807, 2.05) is 78.9 Å². The van der Waals surface area contributed by atoms with Crippen LogP contribution in [-0.2, 0) is 0 Å². The minimum absolute atomic E-state index is 0.516. The molecule has 10 aromatic carbocycles. The van der Waals surface area contributed by atoms with Crippen molar-refractivity contribution in [3.8, 4) is 74.3 Å². The summed E-state index contributed by atoms with van der Waals surface area (Å²) in [5.74, 6) is 3.47. The average molecular weight is 960 g/mol. The van der Waals surface area contributed by atoms with Crippen molar-refractivity contribution in [2.24, 2.45) is 0 Å². The summed E-state index contributed by atoms with van der Waals surface area (Å²) >= 11 is 0. The van der Waals surface area contributed by atoms with E-state index < -0.39 is 0 Å². The molecule has 9 heteroatoms. The average Bonchev–Trinajstić information content (AvgIpc) is 4.23. The Morgan fingerprint density at radius 1 is 0.213 bits per heavy atom. The van der Waals surface area contributed by atoms with Crippen LogP contribution in [0.5, 0.6) is 0 Å². The highest BCUT2D eigenvalue weighted by Crippen LogP contribution is 2.43. The Kier molecular flexibility index (Phi) is 9.67. The van der Waals surface area contributed by atoms with Gasteiger partial charge in [-0.3, -0.25) is 4.57 Å². The van der Waals surface area contributed by atoms with Crippen molar-refractivity contribution < 1.29 is 0 Å². The molecule has 0 saturated heterocycles. The number of aromatic nitrogens is 9. The first-order chi connectivity index (χ1) is 37.2. The largest absolute Gasteiger partial charge is 0.309 e. The summed E-state index contributed by atoms with van der Waals surface area (Å²) in [6, 6.07) is 86.3. The maximum atomic E-state index is 5.51. The third-order valence-electron chi connectivity index (χ3n) is 14.3. The lowest BCUT2D eigenvalue weighted by atomic mass is 10.1. The highest BCUT2D eigenvalue weighted by atomic mass is 15.2. The standard InChI is InChI=1S/C66H41N9/c1-5-20-42(21-6-1)61-67-62(43-22-7-2-8-23-43)69-64(68-61)45-26-19-29-48(40-45)74-56-34-17-13-30-49(56)52-37-38-53-50-31-14-18-35-57(50)75(60(53)59(52)74)66-71-63(44-24-9-3-10-25-44)70-65(72-66)46-36-39-58-54(41-46)51-32-15-16-33-55(51)73(58)47-27-11-4-12-28-47/h1-41H. The van der Waals surface area contributed by atoms with Gasteiger partial charge in [0.15, 0.2) is 29.1 Å². The highest BCUT2D eigenvalue weighted by Gasteiger charge is 2.25. The third kappa shape index (κ3) is 6.94. The zero-order valence-corrected chi connectivity index (χ0v) is 40.2. The molecular formula is C66H41N9. The third-order valence-corrected chi connectivity index (χ3v) is 14.3. The molecule has 0 radical (unpaired) electrons. The van der Waals surface area contributed by atoms with E-state index >= 15 is 0 Å². The van der Waals surface area contributed by atoms with Gasteiger partial charge in [-0.05, 0) is 60.7 Å². The van der Waals surface area contributed by atoms with E-state index in [2.05, 4.69) is 184 Å². The fourth-order valence-corrected chi connectivity index (χ4v) is 11.0. The van der Waals surface area contributed by atoms with Gasteiger partial charge in [-0.1, -0.05) is 188 Å². The SMILES string of the molecule is c1ccc(-c2nc(-c3ccccc3)nc(-c3cccc(-n4c5ccccc5c5ccc6c7ccccc7n(-c7nc(-c8ccccc8)nc(-c8ccc9c(c8)c8ccccc8n9-c8ccccc8)n7)c6c54)c3)n2)cc1. The van der Waals surface area contributed by atoms with Crippen LogP contribution in [0.1, 0.15) is 0 Å². The Morgan fingerprint density at radius 2 is 0.587 bits per heavy atom. The molecule has 9 nitrogen and oxygen atoms in total. The monoisotopic (exact) mass is 959 g/mol. The van der Waals surface area contributed by atoms with E-state index in [-0.39, 0.29) is 0 Å². The van der Waals surface area contributed by atoms with Gasteiger partial charge in [0.05, 0.1) is 33.1 Å². The lowest BCUT2D eigenvalue weighted by Gasteiger charge is -2.14. The summed E-state index contributed by atoms with van der Waals surface area (Å²) in [6.07, 6.45) is 0. The minimum atomic E-state index is 0.516. The summed E-state index contributed by atoms with van der Waals surface area (Å²) in [5.41, 5.74) is 12.8. The molecule has 0 spiro atoms. The molecule has 0 saturated carbocycles. The molecule has 5 heterocycles. The predicted octanol–water partition coefficient (Wildman–Crippen LogP) is 15.7. The van der Waals surface area contributed by atoms with Gasteiger partial charge in [0.2, 0.25) is 5.95 Å². The number of rotatable bonds is 8. The Bertz CT molecular complexity index is 4640. The van der Waals surface area contributed by atoms with E-state index in [1.165, 1.54) is 0 Å². The second-order valence-corrected chi connectivity index (χ2v) is 18.7. The van der Waals surface area contributed by atoms with Crippen molar-refractivity contribution in [2.45, 2.75) is 0 Å². The zero-order chi connectivity index (χ0) is 49.4. The first-order valence-electron chi connectivity index (χ1n) is 25.0. The number of nitrogens with zero attached hydrogens (tertiary/aromatic N) is 9. The Hall–Kier alpha value is -10.4.